The van der Waals surface area contributed by atoms with E-state index in [0.717, 1.165) is 30.4 Å². The standard InChI is InChI=1S/C26H27NO3S/c1-2-30-26(29)24-21-15-14-20(19-11-7-4-8-12-19)17-22(21)31-25(24)27-23(28)16-13-18-9-5-3-6-10-18/h3-12,20H,2,13-17H2,1H3,(H,27,28). The molecule has 1 aromatic heterocycles. The summed E-state index contributed by atoms with van der Waals surface area (Å²) in [6.45, 7) is 2.12. The first-order chi connectivity index (χ1) is 15.2. The predicted octanol–water partition coefficient (Wildman–Crippen LogP) is 5.77. The van der Waals surface area contributed by atoms with Crippen molar-refractivity contribution in [1.29, 1.82) is 0 Å². The molecule has 0 radical (unpaired) electrons. The molecule has 1 unspecified atom stereocenters. The van der Waals surface area contributed by atoms with Crippen molar-refractivity contribution in [2.24, 2.45) is 0 Å². The molecule has 0 bridgehead atoms. The average molecular weight is 434 g/mol. The Labute approximate surface area is 187 Å². The van der Waals surface area contributed by atoms with E-state index in [2.05, 4.69) is 29.6 Å². The minimum absolute atomic E-state index is 0.0763. The summed E-state index contributed by atoms with van der Waals surface area (Å²) < 4.78 is 5.33. The van der Waals surface area contributed by atoms with Crippen molar-refractivity contribution in [3.63, 3.8) is 0 Å². The molecule has 0 fully saturated rings. The van der Waals surface area contributed by atoms with Crippen LogP contribution in [0.2, 0.25) is 0 Å². The van der Waals surface area contributed by atoms with E-state index < -0.39 is 0 Å². The Morgan fingerprint density at radius 3 is 2.48 bits per heavy atom. The van der Waals surface area contributed by atoms with E-state index in [1.807, 2.05) is 36.4 Å². The number of carbonyl (C=O) groups excluding carboxylic acids is 2. The quantitative estimate of drug-likeness (QED) is 0.481. The van der Waals surface area contributed by atoms with Crippen LogP contribution in [0.1, 0.15) is 57.6 Å². The first-order valence-electron chi connectivity index (χ1n) is 10.9. The van der Waals surface area contributed by atoms with Crippen molar-refractivity contribution in [3.8, 4) is 0 Å². The smallest absolute Gasteiger partial charge is 0.341 e. The molecule has 2 aromatic carbocycles. The Bertz CT molecular complexity index is 1040. The second-order valence-electron chi connectivity index (χ2n) is 7.81. The van der Waals surface area contributed by atoms with Gasteiger partial charge in [-0.1, -0.05) is 60.7 Å². The fraction of sp³-hybridized carbons (Fsp3) is 0.308. The number of hydrogen-bond acceptors (Lipinski definition) is 4. The van der Waals surface area contributed by atoms with E-state index in [-0.39, 0.29) is 11.9 Å². The lowest BCUT2D eigenvalue weighted by Gasteiger charge is -2.23. The molecule has 4 rings (SSSR count). The average Bonchev–Trinajstić information content (AvgIpc) is 3.16. The lowest BCUT2D eigenvalue weighted by Crippen LogP contribution is -2.17. The molecular weight excluding hydrogens is 406 g/mol. The fourth-order valence-electron chi connectivity index (χ4n) is 4.19. The van der Waals surface area contributed by atoms with Gasteiger partial charge in [0.1, 0.15) is 5.00 Å². The van der Waals surface area contributed by atoms with Crippen molar-refractivity contribution >= 4 is 28.2 Å². The summed E-state index contributed by atoms with van der Waals surface area (Å²) in [7, 11) is 0. The van der Waals surface area contributed by atoms with Crippen LogP contribution < -0.4 is 5.32 Å². The molecule has 0 saturated heterocycles. The number of nitrogens with one attached hydrogen (secondary N) is 1. The zero-order valence-electron chi connectivity index (χ0n) is 17.7. The van der Waals surface area contributed by atoms with E-state index in [1.165, 1.54) is 21.8 Å². The zero-order valence-corrected chi connectivity index (χ0v) is 18.5. The molecule has 1 amide bonds. The number of fused-ring (bicyclic) bond motifs is 1. The lowest BCUT2D eigenvalue weighted by molar-refractivity contribution is -0.116. The highest BCUT2D eigenvalue weighted by Crippen LogP contribution is 2.42. The van der Waals surface area contributed by atoms with E-state index in [1.54, 1.807) is 6.92 Å². The van der Waals surface area contributed by atoms with Gasteiger partial charge in [0.05, 0.1) is 12.2 Å². The van der Waals surface area contributed by atoms with Crippen LogP contribution >= 0.6 is 11.3 Å². The highest BCUT2D eigenvalue weighted by atomic mass is 32.1. The van der Waals surface area contributed by atoms with Gasteiger partial charge < -0.3 is 10.1 Å². The second-order valence-corrected chi connectivity index (χ2v) is 8.92. The van der Waals surface area contributed by atoms with Crippen LogP contribution in [-0.4, -0.2) is 18.5 Å². The van der Waals surface area contributed by atoms with Gasteiger partial charge in [0.25, 0.3) is 0 Å². The monoisotopic (exact) mass is 433 g/mol. The molecule has 0 aliphatic heterocycles. The fourth-order valence-corrected chi connectivity index (χ4v) is 5.53. The third-order valence-electron chi connectivity index (χ3n) is 5.75. The number of ether oxygens (including phenoxy) is 1. The molecule has 0 saturated carbocycles. The second kappa shape index (κ2) is 9.92. The maximum absolute atomic E-state index is 12.7. The van der Waals surface area contributed by atoms with E-state index >= 15 is 0 Å². The molecular formula is C26H27NO3S. The molecule has 3 aromatic rings. The molecule has 160 valence electrons. The van der Waals surface area contributed by atoms with Crippen LogP contribution in [0.3, 0.4) is 0 Å². The van der Waals surface area contributed by atoms with Crippen LogP contribution in [0.25, 0.3) is 0 Å². The van der Waals surface area contributed by atoms with Crippen LogP contribution in [0.15, 0.2) is 60.7 Å². The van der Waals surface area contributed by atoms with Crippen molar-refractivity contribution in [3.05, 3.63) is 87.8 Å². The van der Waals surface area contributed by atoms with Crippen molar-refractivity contribution in [2.45, 2.75) is 44.9 Å². The summed E-state index contributed by atoms with van der Waals surface area (Å²) in [4.78, 5) is 26.6. The third-order valence-corrected chi connectivity index (χ3v) is 6.92. The van der Waals surface area contributed by atoms with Gasteiger partial charge in [-0.05, 0) is 55.2 Å². The summed E-state index contributed by atoms with van der Waals surface area (Å²) in [6.07, 6.45) is 3.74. The molecule has 1 atom stereocenters. The lowest BCUT2D eigenvalue weighted by atomic mass is 9.83. The Morgan fingerprint density at radius 2 is 1.77 bits per heavy atom. The number of anilines is 1. The number of esters is 1. The van der Waals surface area contributed by atoms with Gasteiger partial charge >= 0.3 is 5.97 Å². The number of rotatable bonds is 7. The Morgan fingerprint density at radius 1 is 1.06 bits per heavy atom. The minimum Gasteiger partial charge on any atom is -0.462 e. The molecule has 1 heterocycles. The SMILES string of the molecule is CCOC(=O)c1c(NC(=O)CCc2ccccc2)sc2c1CCC(c1ccccc1)C2. The van der Waals surface area contributed by atoms with Gasteiger partial charge in [-0.3, -0.25) is 4.79 Å². The van der Waals surface area contributed by atoms with Gasteiger partial charge in [-0.2, -0.15) is 0 Å². The van der Waals surface area contributed by atoms with Gasteiger partial charge in [0.2, 0.25) is 5.91 Å². The molecule has 31 heavy (non-hydrogen) atoms. The normalized spacial score (nSPS) is 15.2. The maximum atomic E-state index is 12.7. The van der Waals surface area contributed by atoms with Gasteiger partial charge in [0, 0.05) is 11.3 Å². The number of amides is 1. The van der Waals surface area contributed by atoms with Crippen LogP contribution in [0, 0.1) is 0 Å². The summed E-state index contributed by atoms with van der Waals surface area (Å²) >= 11 is 1.53. The summed E-state index contributed by atoms with van der Waals surface area (Å²) in [5.41, 5.74) is 4.06. The Hall–Kier alpha value is -2.92. The number of hydrogen-bond donors (Lipinski definition) is 1. The summed E-state index contributed by atoms with van der Waals surface area (Å²) in [5.74, 6) is 0.0214. The molecule has 1 aliphatic carbocycles. The molecule has 1 aliphatic rings. The molecule has 1 N–H and O–H groups in total. The van der Waals surface area contributed by atoms with Crippen molar-refractivity contribution in [1.82, 2.24) is 0 Å². The highest BCUT2D eigenvalue weighted by Gasteiger charge is 2.30. The third kappa shape index (κ3) is 5.05. The zero-order chi connectivity index (χ0) is 21.6. The van der Waals surface area contributed by atoms with Gasteiger partial charge in [-0.15, -0.1) is 11.3 Å². The Kier molecular flexibility index (Phi) is 6.82. The summed E-state index contributed by atoms with van der Waals surface area (Å²) in [5, 5.41) is 3.65. The van der Waals surface area contributed by atoms with Crippen molar-refractivity contribution < 1.29 is 14.3 Å². The van der Waals surface area contributed by atoms with Crippen LogP contribution in [-0.2, 0) is 28.8 Å². The predicted molar refractivity (Wildman–Crippen MR) is 125 cm³/mol. The maximum Gasteiger partial charge on any atom is 0.341 e. The Balaban J connectivity index is 1.53. The molecule has 4 nitrogen and oxygen atoms in total. The van der Waals surface area contributed by atoms with Crippen LogP contribution in [0.5, 0.6) is 0 Å². The number of thiophene rings is 1. The number of carbonyl (C=O) groups is 2. The molecule has 5 heteroatoms. The van der Waals surface area contributed by atoms with Crippen LogP contribution in [0.4, 0.5) is 5.00 Å². The number of benzene rings is 2. The van der Waals surface area contributed by atoms with E-state index in [9.17, 15) is 9.59 Å². The van der Waals surface area contributed by atoms with E-state index in [0.29, 0.717) is 35.9 Å². The largest absolute Gasteiger partial charge is 0.462 e. The topological polar surface area (TPSA) is 55.4 Å². The van der Waals surface area contributed by atoms with Gasteiger partial charge in [-0.25, -0.2) is 4.79 Å². The van der Waals surface area contributed by atoms with Gasteiger partial charge in [0.15, 0.2) is 0 Å². The van der Waals surface area contributed by atoms with Crippen molar-refractivity contribution in [2.75, 3.05) is 11.9 Å². The highest BCUT2D eigenvalue weighted by molar-refractivity contribution is 7.17. The minimum atomic E-state index is -0.337. The van der Waals surface area contributed by atoms with E-state index in [4.69, 9.17) is 4.74 Å². The number of aryl methyl sites for hydroxylation is 1. The first kappa shape index (κ1) is 21.3. The molecule has 0 spiro atoms. The first-order valence-corrected chi connectivity index (χ1v) is 11.7. The summed E-state index contributed by atoms with van der Waals surface area (Å²) in [6, 6.07) is 20.5.